The van der Waals surface area contributed by atoms with E-state index < -0.39 is 0 Å². The molecule has 2 amide bonds. The first-order valence-electron chi connectivity index (χ1n) is 11.8. The molecule has 1 aromatic heterocycles. The van der Waals surface area contributed by atoms with Crippen molar-refractivity contribution in [2.75, 3.05) is 33.9 Å². The fourth-order valence-corrected chi connectivity index (χ4v) is 4.98. The number of likely N-dealkylation sites (N-methyl/N-ethyl adjacent to an activating group) is 1. The number of aromatic nitrogens is 1. The van der Waals surface area contributed by atoms with Crippen LogP contribution in [0.15, 0.2) is 58.4 Å². The first kappa shape index (κ1) is 25.5. The van der Waals surface area contributed by atoms with Crippen LogP contribution in [0.25, 0.3) is 17.0 Å². The number of thioether (sulfide) groups is 1. The van der Waals surface area contributed by atoms with Crippen LogP contribution in [0.5, 0.6) is 5.75 Å². The normalized spacial score (nSPS) is 15.9. The molecule has 0 spiro atoms. The van der Waals surface area contributed by atoms with Crippen molar-refractivity contribution in [3.8, 4) is 5.75 Å². The highest BCUT2D eigenvalue weighted by molar-refractivity contribution is 8.18. The zero-order chi connectivity index (χ0) is 25.7. The van der Waals surface area contributed by atoms with Gasteiger partial charge in [0, 0.05) is 42.9 Å². The second-order valence-electron chi connectivity index (χ2n) is 8.24. The van der Waals surface area contributed by atoms with Crippen LogP contribution in [0.4, 0.5) is 5.69 Å². The summed E-state index contributed by atoms with van der Waals surface area (Å²) in [5, 5.41) is 4.46. The van der Waals surface area contributed by atoms with Crippen molar-refractivity contribution in [2.45, 2.75) is 20.4 Å². The summed E-state index contributed by atoms with van der Waals surface area (Å²) in [7, 11) is 3.33. The van der Waals surface area contributed by atoms with Gasteiger partial charge in [-0.15, -0.1) is 0 Å². The molecule has 0 unspecified atom stereocenters. The molecular formula is C27H30N4O4S. The van der Waals surface area contributed by atoms with Crippen molar-refractivity contribution in [3.63, 3.8) is 0 Å². The number of hydrogen-bond acceptors (Lipinski definition) is 6. The van der Waals surface area contributed by atoms with Crippen LogP contribution in [0.3, 0.4) is 0 Å². The smallest absolute Gasteiger partial charge is 0.266 e. The van der Waals surface area contributed by atoms with Crippen LogP contribution in [0.2, 0.25) is 0 Å². The Morgan fingerprint density at radius 2 is 1.92 bits per heavy atom. The molecular weight excluding hydrogens is 476 g/mol. The van der Waals surface area contributed by atoms with E-state index in [0.717, 1.165) is 33.6 Å². The lowest BCUT2D eigenvalue weighted by Crippen LogP contribution is -2.30. The van der Waals surface area contributed by atoms with Crippen LogP contribution >= 0.6 is 11.8 Å². The lowest BCUT2D eigenvalue weighted by atomic mass is 10.1. The van der Waals surface area contributed by atoms with Gasteiger partial charge in [-0.05, 0) is 62.0 Å². The monoisotopic (exact) mass is 506 g/mol. The average molecular weight is 507 g/mol. The van der Waals surface area contributed by atoms with Gasteiger partial charge in [0.25, 0.3) is 5.91 Å². The minimum absolute atomic E-state index is 0.0917. The van der Waals surface area contributed by atoms with E-state index in [2.05, 4.69) is 10.3 Å². The van der Waals surface area contributed by atoms with Gasteiger partial charge in [-0.25, -0.2) is 4.99 Å². The third-order valence-corrected chi connectivity index (χ3v) is 6.92. The van der Waals surface area contributed by atoms with Gasteiger partial charge in [0.15, 0.2) is 5.17 Å². The van der Waals surface area contributed by atoms with E-state index in [-0.39, 0.29) is 18.4 Å². The van der Waals surface area contributed by atoms with Crippen LogP contribution in [-0.2, 0) is 20.9 Å². The predicted molar refractivity (Wildman–Crippen MR) is 145 cm³/mol. The molecule has 1 saturated heterocycles. The highest BCUT2D eigenvalue weighted by atomic mass is 32.2. The third kappa shape index (κ3) is 5.47. The molecule has 0 saturated carbocycles. The Kier molecular flexibility index (Phi) is 8.12. The molecule has 0 bridgehead atoms. The molecule has 1 aliphatic heterocycles. The number of methoxy groups -OCH3 is 1. The number of fused-ring (bicyclic) bond motifs is 1. The Balaban J connectivity index is 1.63. The molecule has 36 heavy (non-hydrogen) atoms. The summed E-state index contributed by atoms with van der Waals surface area (Å²) in [6, 6.07) is 15.4. The summed E-state index contributed by atoms with van der Waals surface area (Å²) in [6.07, 6.45) is 1.90. The van der Waals surface area contributed by atoms with Crippen molar-refractivity contribution >= 4 is 51.4 Å². The summed E-state index contributed by atoms with van der Waals surface area (Å²) in [5.41, 5.74) is 3.52. The van der Waals surface area contributed by atoms with Gasteiger partial charge >= 0.3 is 0 Å². The maximum Gasteiger partial charge on any atom is 0.266 e. The van der Waals surface area contributed by atoms with E-state index in [0.29, 0.717) is 29.8 Å². The average Bonchev–Trinajstić information content (AvgIpc) is 3.29. The van der Waals surface area contributed by atoms with E-state index in [4.69, 9.17) is 9.47 Å². The fourth-order valence-electron chi connectivity index (χ4n) is 4.01. The van der Waals surface area contributed by atoms with E-state index in [1.807, 2.05) is 73.0 Å². The second-order valence-corrected chi connectivity index (χ2v) is 9.25. The van der Waals surface area contributed by atoms with Gasteiger partial charge in [-0.2, -0.15) is 0 Å². The standard InChI is InChI=1S/C27H30N4O4S/c1-5-35-20-12-10-19(11-13-20)29-27-30(3)26(33)24(36-27)16-22-18(2)31(17-25(32)28-14-15-34-4)23-9-7-6-8-21(22)23/h6-13,16H,5,14-15,17H2,1-4H3,(H,28,32). The van der Waals surface area contributed by atoms with Crippen LogP contribution in [-0.4, -0.2) is 60.4 Å². The zero-order valence-electron chi connectivity index (χ0n) is 20.9. The van der Waals surface area contributed by atoms with Crippen LogP contribution < -0.4 is 10.1 Å². The number of amidine groups is 1. The molecule has 0 aliphatic carbocycles. The van der Waals surface area contributed by atoms with E-state index in [1.165, 1.54) is 11.8 Å². The van der Waals surface area contributed by atoms with Gasteiger partial charge < -0.3 is 19.4 Å². The van der Waals surface area contributed by atoms with Crippen molar-refractivity contribution < 1.29 is 19.1 Å². The highest BCUT2D eigenvalue weighted by Crippen LogP contribution is 2.36. The number of ether oxygens (including phenoxy) is 2. The number of hydrogen-bond donors (Lipinski definition) is 1. The number of aliphatic imine (C=N–C) groups is 1. The third-order valence-electron chi connectivity index (χ3n) is 5.86. The number of carbonyl (C=O) groups is 2. The molecule has 0 radical (unpaired) electrons. The van der Waals surface area contributed by atoms with Crippen molar-refractivity contribution in [2.24, 2.45) is 4.99 Å². The number of para-hydroxylation sites is 1. The first-order chi connectivity index (χ1) is 17.4. The van der Waals surface area contributed by atoms with Crippen LogP contribution in [0, 0.1) is 6.92 Å². The van der Waals surface area contributed by atoms with Crippen molar-refractivity contribution in [3.05, 3.63) is 64.7 Å². The number of benzene rings is 2. The van der Waals surface area contributed by atoms with Gasteiger partial charge in [0.05, 0.1) is 23.8 Å². The van der Waals surface area contributed by atoms with E-state index >= 15 is 0 Å². The maximum atomic E-state index is 13.1. The lowest BCUT2D eigenvalue weighted by molar-refractivity contribution is -0.122. The molecule has 1 fully saturated rings. The topological polar surface area (TPSA) is 85.2 Å². The molecule has 1 aliphatic rings. The molecule has 4 rings (SSSR count). The molecule has 1 N–H and O–H groups in total. The quantitative estimate of drug-likeness (QED) is 0.345. The molecule has 3 aromatic rings. The number of nitrogens with zero attached hydrogens (tertiary/aromatic N) is 3. The number of amides is 2. The molecule has 0 atom stereocenters. The first-order valence-corrected chi connectivity index (χ1v) is 12.6. The Bertz CT molecular complexity index is 1330. The van der Waals surface area contributed by atoms with Gasteiger partial charge in [-0.3, -0.25) is 14.5 Å². The Labute approximate surface area is 215 Å². The molecule has 8 nitrogen and oxygen atoms in total. The van der Waals surface area contributed by atoms with E-state index in [1.54, 1.807) is 19.1 Å². The largest absolute Gasteiger partial charge is 0.494 e. The lowest BCUT2D eigenvalue weighted by Gasteiger charge is -2.09. The number of rotatable bonds is 9. The Morgan fingerprint density at radius 1 is 1.17 bits per heavy atom. The summed E-state index contributed by atoms with van der Waals surface area (Å²) in [5.74, 6) is 0.578. The Morgan fingerprint density at radius 3 is 2.64 bits per heavy atom. The zero-order valence-corrected chi connectivity index (χ0v) is 21.7. The van der Waals surface area contributed by atoms with Gasteiger partial charge in [0.1, 0.15) is 12.3 Å². The molecule has 2 aromatic carbocycles. The summed E-state index contributed by atoms with van der Waals surface area (Å²) < 4.78 is 12.5. The fraction of sp³-hybridized carbons (Fsp3) is 0.296. The van der Waals surface area contributed by atoms with Crippen molar-refractivity contribution in [1.82, 2.24) is 14.8 Å². The summed E-state index contributed by atoms with van der Waals surface area (Å²) in [6.45, 7) is 5.61. The summed E-state index contributed by atoms with van der Waals surface area (Å²) >= 11 is 1.34. The summed E-state index contributed by atoms with van der Waals surface area (Å²) in [4.78, 5) is 32.4. The van der Waals surface area contributed by atoms with Gasteiger partial charge in [-0.1, -0.05) is 18.2 Å². The minimum atomic E-state index is -0.113. The SMILES string of the molecule is CCOc1ccc(N=C2SC(=Cc3c(C)n(CC(=O)NCCOC)c4ccccc34)C(=O)N2C)cc1. The maximum absolute atomic E-state index is 13.1. The Hall–Kier alpha value is -3.56. The molecule has 9 heteroatoms. The number of nitrogens with one attached hydrogen (secondary N) is 1. The number of carbonyl (C=O) groups excluding carboxylic acids is 2. The van der Waals surface area contributed by atoms with Crippen LogP contribution in [0.1, 0.15) is 18.2 Å². The van der Waals surface area contributed by atoms with Gasteiger partial charge in [0.2, 0.25) is 5.91 Å². The predicted octanol–water partition coefficient (Wildman–Crippen LogP) is 4.34. The van der Waals surface area contributed by atoms with Crippen molar-refractivity contribution in [1.29, 1.82) is 0 Å². The minimum Gasteiger partial charge on any atom is -0.494 e. The highest BCUT2D eigenvalue weighted by Gasteiger charge is 2.31. The van der Waals surface area contributed by atoms with E-state index in [9.17, 15) is 9.59 Å². The molecule has 2 heterocycles. The second kappa shape index (κ2) is 11.5. The molecule has 188 valence electrons.